The van der Waals surface area contributed by atoms with E-state index >= 15 is 0 Å². The van der Waals surface area contributed by atoms with Gasteiger partial charge >= 0.3 is 0 Å². The van der Waals surface area contributed by atoms with E-state index < -0.39 is 0 Å². The molecule has 0 unspecified atom stereocenters. The highest BCUT2D eigenvalue weighted by atomic mass is 32.1. The summed E-state index contributed by atoms with van der Waals surface area (Å²) in [7, 11) is 0. The molecule has 0 aliphatic carbocycles. The number of nitrogens with one attached hydrogen (secondary N) is 1. The van der Waals surface area contributed by atoms with Crippen molar-refractivity contribution >= 4 is 28.6 Å². The lowest BCUT2D eigenvalue weighted by molar-refractivity contribution is 0.0958. The Hall–Kier alpha value is -3.19. The molecule has 3 rings (SSSR count). The molecule has 0 fully saturated rings. The van der Waals surface area contributed by atoms with Crippen molar-refractivity contribution in [2.24, 2.45) is 5.10 Å². The van der Waals surface area contributed by atoms with Gasteiger partial charge in [0.1, 0.15) is 17.2 Å². The van der Waals surface area contributed by atoms with E-state index in [1.807, 2.05) is 49.4 Å². The van der Waals surface area contributed by atoms with Crippen LogP contribution in [0.3, 0.4) is 0 Å². The zero-order valence-corrected chi connectivity index (χ0v) is 16.6. The molecule has 0 spiro atoms. The summed E-state index contributed by atoms with van der Waals surface area (Å²) in [5.74, 6) is 0.427. The fourth-order valence-corrected chi connectivity index (χ4v) is 3.43. The zero-order valence-electron chi connectivity index (χ0n) is 15.8. The molecule has 0 atom stereocenters. The van der Waals surface area contributed by atoms with Crippen LogP contribution in [-0.2, 0) is 13.0 Å². The molecule has 3 N–H and O–H groups in total. The summed E-state index contributed by atoms with van der Waals surface area (Å²) >= 11 is 1.16. The Labute approximate surface area is 168 Å². The van der Waals surface area contributed by atoms with Crippen LogP contribution in [0.5, 0.6) is 5.75 Å². The van der Waals surface area contributed by atoms with Gasteiger partial charge in [-0.1, -0.05) is 54.7 Å². The first kappa shape index (κ1) is 19.6. The van der Waals surface area contributed by atoms with Gasteiger partial charge in [0, 0.05) is 0 Å². The topological polar surface area (TPSA) is 89.6 Å². The van der Waals surface area contributed by atoms with Gasteiger partial charge in [0.15, 0.2) is 5.13 Å². The number of benzene rings is 2. The third-order valence-electron chi connectivity index (χ3n) is 4.15. The monoisotopic (exact) mass is 394 g/mol. The minimum absolute atomic E-state index is 0.311. The second kappa shape index (κ2) is 9.14. The van der Waals surface area contributed by atoms with E-state index in [0.29, 0.717) is 28.7 Å². The number of rotatable bonds is 7. The molecular weight excluding hydrogens is 372 g/mol. The number of anilines is 1. The SMILES string of the molecule is CCc1nc(N)sc1C(=O)NN=Cc1cccc(OCc2ccccc2C)c1. The Morgan fingerprint density at radius 2 is 2.11 bits per heavy atom. The average Bonchev–Trinajstić information content (AvgIpc) is 3.08. The minimum Gasteiger partial charge on any atom is -0.489 e. The number of hydrogen-bond donors (Lipinski definition) is 2. The van der Waals surface area contributed by atoms with E-state index in [2.05, 4.69) is 28.5 Å². The highest BCUT2D eigenvalue weighted by molar-refractivity contribution is 7.17. The predicted molar refractivity (Wildman–Crippen MR) is 113 cm³/mol. The number of carbonyl (C=O) groups is 1. The van der Waals surface area contributed by atoms with Crippen LogP contribution in [0.2, 0.25) is 0 Å². The Morgan fingerprint density at radius 3 is 2.89 bits per heavy atom. The van der Waals surface area contributed by atoms with Crippen molar-refractivity contribution in [2.75, 3.05) is 5.73 Å². The van der Waals surface area contributed by atoms with Gasteiger partial charge in [-0.15, -0.1) is 0 Å². The fourth-order valence-electron chi connectivity index (χ4n) is 2.62. The summed E-state index contributed by atoms with van der Waals surface area (Å²) in [6.45, 7) is 4.48. The maximum atomic E-state index is 12.3. The summed E-state index contributed by atoms with van der Waals surface area (Å²) in [4.78, 5) is 16.9. The Balaban J connectivity index is 1.61. The molecule has 28 heavy (non-hydrogen) atoms. The molecule has 3 aromatic rings. The van der Waals surface area contributed by atoms with E-state index in [0.717, 1.165) is 28.2 Å². The molecule has 6 nitrogen and oxygen atoms in total. The van der Waals surface area contributed by atoms with Gasteiger partial charge in [-0.3, -0.25) is 4.79 Å². The lowest BCUT2D eigenvalue weighted by Crippen LogP contribution is -2.17. The van der Waals surface area contributed by atoms with Crippen molar-refractivity contribution in [1.29, 1.82) is 0 Å². The first-order valence-electron chi connectivity index (χ1n) is 8.92. The molecule has 0 aliphatic rings. The van der Waals surface area contributed by atoms with Crippen LogP contribution in [0.15, 0.2) is 53.6 Å². The molecule has 0 radical (unpaired) electrons. The number of hydrazone groups is 1. The molecule has 1 heterocycles. The Morgan fingerprint density at radius 1 is 1.29 bits per heavy atom. The molecule has 7 heteroatoms. The molecule has 0 aliphatic heterocycles. The van der Waals surface area contributed by atoms with Crippen LogP contribution in [0.4, 0.5) is 5.13 Å². The van der Waals surface area contributed by atoms with Gasteiger partial charge in [0.25, 0.3) is 5.91 Å². The van der Waals surface area contributed by atoms with Crippen molar-refractivity contribution in [2.45, 2.75) is 26.9 Å². The lowest BCUT2D eigenvalue weighted by Gasteiger charge is -2.09. The fraction of sp³-hybridized carbons (Fsp3) is 0.190. The first-order chi connectivity index (χ1) is 13.6. The maximum Gasteiger partial charge on any atom is 0.283 e. The number of aryl methyl sites for hydroxylation is 2. The van der Waals surface area contributed by atoms with E-state index in [1.54, 1.807) is 6.21 Å². The predicted octanol–water partition coefficient (Wildman–Crippen LogP) is 3.94. The van der Waals surface area contributed by atoms with Gasteiger partial charge in [0.05, 0.1) is 11.9 Å². The zero-order chi connectivity index (χ0) is 19.9. The molecule has 1 aromatic heterocycles. The van der Waals surface area contributed by atoms with Crippen molar-refractivity contribution in [1.82, 2.24) is 10.4 Å². The number of amides is 1. The smallest absolute Gasteiger partial charge is 0.283 e. The van der Waals surface area contributed by atoms with Crippen LogP contribution in [0.1, 0.15) is 39.0 Å². The largest absolute Gasteiger partial charge is 0.489 e. The number of thiazole rings is 1. The highest BCUT2D eigenvalue weighted by Gasteiger charge is 2.15. The number of nitrogens with zero attached hydrogens (tertiary/aromatic N) is 2. The second-order valence-corrected chi connectivity index (χ2v) is 7.20. The molecule has 0 saturated carbocycles. The third kappa shape index (κ3) is 4.95. The molecular formula is C21H22N4O2S. The Kier molecular flexibility index (Phi) is 6.39. The second-order valence-electron chi connectivity index (χ2n) is 6.17. The highest BCUT2D eigenvalue weighted by Crippen LogP contribution is 2.20. The number of nitrogen functional groups attached to an aromatic ring is 1. The van der Waals surface area contributed by atoms with Crippen molar-refractivity contribution in [3.63, 3.8) is 0 Å². The van der Waals surface area contributed by atoms with E-state index in [-0.39, 0.29) is 5.91 Å². The normalized spacial score (nSPS) is 10.9. The van der Waals surface area contributed by atoms with Crippen LogP contribution < -0.4 is 15.9 Å². The van der Waals surface area contributed by atoms with Crippen molar-refractivity contribution in [3.05, 3.63) is 75.8 Å². The quantitative estimate of drug-likeness (QED) is 0.469. The van der Waals surface area contributed by atoms with Crippen molar-refractivity contribution in [3.8, 4) is 5.75 Å². The summed E-state index contributed by atoms with van der Waals surface area (Å²) in [6.07, 6.45) is 2.22. The molecule has 0 saturated heterocycles. The molecule has 2 aromatic carbocycles. The summed E-state index contributed by atoms with van der Waals surface area (Å²) in [5, 5.41) is 4.41. The summed E-state index contributed by atoms with van der Waals surface area (Å²) < 4.78 is 5.87. The van der Waals surface area contributed by atoms with Gasteiger partial charge in [0.2, 0.25) is 0 Å². The summed E-state index contributed by atoms with van der Waals surface area (Å²) in [5.41, 5.74) is 12.0. The van der Waals surface area contributed by atoms with Crippen LogP contribution in [0.25, 0.3) is 0 Å². The third-order valence-corrected chi connectivity index (χ3v) is 5.07. The van der Waals surface area contributed by atoms with Gasteiger partial charge in [-0.2, -0.15) is 5.10 Å². The molecule has 0 bridgehead atoms. The van der Waals surface area contributed by atoms with Gasteiger partial charge in [-0.25, -0.2) is 10.4 Å². The van der Waals surface area contributed by atoms with Crippen LogP contribution in [-0.4, -0.2) is 17.1 Å². The number of carbonyl (C=O) groups excluding carboxylic acids is 1. The number of hydrogen-bond acceptors (Lipinski definition) is 6. The van der Waals surface area contributed by atoms with Crippen LogP contribution in [0, 0.1) is 6.92 Å². The lowest BCUT2D eigenvalue weighted by atomic mass is 10.1. The maximum absolute atomic E-state index is 12.3. The standard InChI is InChI=1S/C21H22N4O2S/c1-3-18-19(28-21(22)24-18)20(26)25-23-12-15-8-6-10-17(11-15)27-13-16-9-5-4-7-14(16)2/h4-12H,3,13H2,1-2H3,(H2,22,24)(H,25,26). The van der Waals surface area contributed by atoms with Crippen LogP contribution >= 0.6 is 11.3 Å². The van der Waals surface area contributed by atoms with Gasteiger partial charge < -0.3 is 10.5 Å². The van der Waals surface area contributed by atoms with E-state index in [9.17, 15) is 4.79 Å². The van der Waals surface area contributed by atoms with Gasteiger partial charge in [-0.05, 0) is 42.2 Å². The molecule has 1 amide bonds. The average molecular weight is 395 g/mol. The Bertz CT molecular complexity index is 998. The number of ether oxygens (including phenoxy) is 1. The molecule has 144 valence electrons. The number of aromatic nitrogens is 1. The van der Waals surface area contributed by atoms with Crippen molar-refractivity contribution < 1.29 is 9.53 Å². The number of nitrogens with two attached hydrogens (primary N) is 1. The summed E-state index contributed by atoms with van der Waals surface area (Å²) in [6, 6.07) is 15.6. The first-order valence-corrected chi connectivity index (χ1v) is 9.74. The minimum atomic E-state index is -0.311. The van der Waals surface area contributed by atoms with E-state index in [1.165, 1.54) is 5.56 Å². The van der Waals surface area contributed by atoms with E-state index in [4.69, 9.17) is 10.5 Å².